The van der Waals surface area contributed by atoms with Crippen LogP contribution in [-0.2, 0) is 0 Å². The Balaban J connectivity index is 2.17. The average Bonchev–Trinajstić information content (AvgIpc) is 2.55. The maximum Gasteiger partial charge on any atom is 0.292 e. The van der Waals surface area contributed by atoms with Gasteiger partial charge in [-0.1, -0.05) is 6.07 Å². The highest BCUT2D eigenvalue weighted by molar-refractivity contribution is 5.80. The van der Waals surface area contributed by atoms with Crippen LogP contribution in [0.4, 0.5) is 17.3 Å². The minimum absolute atomic E-state index is 0.0242. The van der Waals surface area contributed by atoms with Crippen LogP contribution in [0.2, 0.25) is 0 Å². The highest BCUT2D eigenvalue weighted by Gasteiger charge is 2.16. The van der Waals surface area contributed by atoms with Crippen LogP contribution in [0.25, 0.3) is 22.4 Å². The fraction of sp³-hybridized carbons (Fsp3) is 0.143. The number of benzene rings is 1. The molecule has 1 aromatic carbocycles. The molecule has 122 valence electrons. The third-order valence-corrected chi connectivity index (χ3v) is 3.20. The van der Waals surface area contributed by atoms with Gasteiger partial charge in [0.2, 0.25) is 11.8 Å². The molecule has 2 heterocycles. The number of ether oxygens (including phenoxy) is 1. The maximum absolute atomic E-state index is 11.0. The Morgan fingerprint density at radius 1 is 1.25 bits per heavy atom. The molecule has 0 bridgehead atoms. The fourth-order valence-corrected chi connectivity index (χ4v) is 2.14. The molecule has 0 spiro atoms. The average molecular weight is 327 g/mol. The molecule has 0 aliphatic rings. The molecule has 0 saturated carbocycles. The lowest BCUT2D eigenvalue weighted by Crippen LogP contribution is -2.04. The van der Waals surface area contributed by atoms with Gasteiger partial charge in [0.25, 0.3) is 5.69 Å². The summed E-state index contributed by atoms with van der Waals surface area (Å²) in [5.41, 5.74) is 12.6. The Morgan fingerprint density at radius 2 is 2.04 bits per heavy atom. The number of nitro groups is 1. The number of nitro benzene ring substituents is 1. The van der Waals surface area contributed by atoms with Gasteiger partial charge in [-0.2, -0.15) is 9.97 Å². The zero-order valence-corrected chi connectivity index (χ0v) is 12.6. The first-order valence-electron chi connectivity index (χ1n) is 6.97. The summed E-state index contributed by atoms with van der Waals surface area (Å²) in [5.74, 6) is 0.232. The molecule has 4 N–H and O–H groups in total. The van der Waals surface area contributed by atoms with Crippen LogP contribution in [0.3, 0.4) is 0 Å². The zero-order chi connectivity index (χ0) is 17.3. The van der Waals surface area contributed by atoms with Gasteiger partial charge in [-0.15, -0.1) is 0 Å². The summed E-state index contributed by atoms with van der Waals surface area (Å²) < 4.78 is 5.41. The number of anilines is 2. The number of fused-ring (bicyclic) bond motifs is 1. The van der Waals surface area contributed by atoms with Crippen molar-refractivity contribution in [3.05, 3.63) is 34.5 Å². The van der Waals surface area contributed by atoms with E-state index < -0.39 is 4.92 Å². The van der Waals surface area contributed by atoms with Crippen molar-refractivity contribution in [3.8, 4) is 17.1 Å². The molecule has 3 aromatic rings. The van der Waals surface area contributed by atoms with Gasteiger partial charge >= 0.3 is 0 Å². The van der Waals surface area contributed by atoms with Gasteiger partial charge < -0.3 is 16.2 Å². The van der Waals surface area contributed by atoms with Gasteiger partial charge in [0.15, 0.2) is 11.2 Å². The number of nitrogens with two attached hydrogens (primary N) is 2. The summed E-state index contributed by atoms with van der Waals surface area (Å²) in [4.78, 5) is 27.1. The first-order chi connectivity index (χ1) is 11.5. The van der Waals surface area contributed by atoms with Crippen LogP contribution in [0.15, 0.2) is 24.4 Å². The van der Waals surface area contributed by atoms with Gasteiger partial charge in [-0.25, -0.2) is 9.97 Å². The summed E-state index contributed by atoms with van der Waals surface area (Å²) >= 11 is 0. The zero-order valence-electron chi connectivity index (χ0n) is 12.6. The molecule has 0 unspecified atom stereocenters. The second-order valence-corrected chi connectivity index (χ2v) is 4.78. The lowest BCUT2D eigenvalue weighted by atomic mass is 10.1. The standard InChI is InChI=1S/C14H13N7O3/c1-2-24-13-11-12(19-14(16)20-13)17-6-9(18-11)7-3-4-8(15)10(5-7)21(22)23/h3-6H,2,15H2,1H3,(H2,16,17,19,20). The topological polar surface area (TPSA) is 156 Å². The monoisotopic (exact) mass is 327 g/mol. The van der Waals surface area contributed by atoms with Gasteiger partial charge in [0.05, 0.1) is 23.4 Å². The molecule has 3 rings (SSSR count). The van der Waals surface area contributed by atoms with E-state index in [1.54, 1.807) is 13.0 Å². The predicted molar refractivity (Wildman–Crippen MR) is 87.2 cm³/mol. The molecule has 10 nitrogen and oxygen atoms in total. The van der Waals surface area contributed by atoms with Crippen molar-refractivity contribution in [3.63, 3.8) is 0 Å². The highest BCUT2D eigenvalue weighted by atomic mass is 16.6. The van der Waals surface area contributed by atoms with E-state index in [2.05, 4.69) is 19.9 Å². The second-order valence-electron chi connectivity index (χ2n) is 4.78. The molecule has 10 heteroatoms. The molecule has 0 fully saturated rings. The van der Waals surface area contributed by atoms with E-state index in [9.17, 15) is 10.1 Å². The van der Waals surface area contributed by atoms with Crippen molar-refractivity contribution in [1.82, 2.24) is 19.9 Å². The molecule has 0 radical (unpaired) electrons. The van der Waals surface area contributed by atoms with E-state index in [-0.39, 0.29) is 28.9 Å². The Bertz CT molecular complexity index is 945. The maximum atomic E-state index is 11.0. The summed E-state index contributed by atoms with van der Waals surface area (Å²) in [7, 11) is 0. The van der Waals surface area contributed by atoms with Crippen LogP contribution in [-0.4, -0.2) is 31.5 Å². The number of aromatic nitrogens is 4. The Morgan fingerprint density at radius 3 is 2.75 bits per heavy atom. The molecule has 0 aliphatic carbocycles. The first kappa shape index (κ1) is 15.3. The van der Waals surface area contributed by atoms with E-state index in [4.69, 9.17) is 16.2 Å². The van der Waals surface area contributed by atoms with Crippen molar-refractivity contribution in [2.24, 2.45) is 0 Å². The van der Waals surface area contributed by atoms with Crippen molar-refractivity contribution in [1.29, 1.82) is 0 Å². The normalized spacial score (nSPS) is 10.7. The van der Waals surface area contributed by atoms with Gasteiger partial charge in [0, 0.05) is 11.6 Å². The molecule has 0 aliphatic heterocycles. The van der Waals surface area contributed by atoms with Crippen LogP contribution in [0.5, 0.6) is 5.88 Å². The molecule has 0 amide bonds. The van der Waals surface area contributed by atoms with Crippen LogP contribution in [0, 0.1) is 10.1 Å². The minimum atomic E-state index is -0.553. The molecule has 0 atom stereocenters. The minimum Gasteiger partial charge on any atom is -0.476 e. The summed E-state index contributed by atoms with van der Waals surface area (Å²) in [5, 5.41) is 11.0. The van der Waals surface area contributed by atoms with Crippen LogP contribution < -0.4 is 16.2 Å². The third-order valence-electron chi connectivity index (χ3n) is 3.20. The number of nitrogen functional groups attached to an aromatic ring is 2. The van der Waals surface area contributed by atoms with Crippen LogP contribution >= 0.6 is 0 Å². The van der Waals surface area contributed by atoms with Gasteiger partial charge in [0.1, 0.15) is 5.69 Å². The SMILES string of the molecule is CCOc1nc(N)nc2ncc(-c3ccc(N)c([N+](=O)[O-])c3)nc12. The first-order valence-corrected chi connectivity index (χ1v) is 6.97. The Kier molecular flexibility index (Phi) is 3.78. The van der Waals surface area contributed by atoms with E-state index in [1.165, 1.54) is 18.3 Å². The number of rotatable bonds is 4. The number of nitrogens with zero attached hydrogens (tertiary/aromatic N) is 5. The Hall–Kier alpha value is -3.56. The number of hydrogen-bond acceptors (Lipinski definition) is 9. The van der Waals surface area contributed by atoms with Gasteiger partial charge in [-0.3, -0.25) is 10.1 Å². The molecular weight excluding hydrogens is 314 g/mol. The molecule has 24 heavy (non-hydrogen) atoms. The van der Waals surface area contributed by atoms with Crippen molar-refractivity contribution >= 4 is 28.5 Å². The molecule has 0 saturated heterocycles. The van der Waals surface area contributed by atoms with Crippen molar-refractivity contribution in [2.75, 3.05) is 18.1 Å². The van der Waals surface area contributed by atoms with E-state index in [0.29, 0.717) is 23.4 Å². The molecule has 2 aromatic heterocycles. The summed E-state index contributed by atoms with van der Waals surface area (Å²) in [6, 6.07) is 4.41. The summed E-state index contributed by atoms with van der Waals surface area (Å²) in [6.45, 7) is 2.16. The smallest absolute Gasteiger partial charge is 0.292 e. The number of hydrogen-bond donors (Lipinski definition) is 2. The fourth-order valence-electron chi connectivity index (χ4n) is 2.14. The van der Waals surface area contributed by atoms with E-state index in [1.807, 2.05) is 0 Å². The van der Waals surface area contributed by atoms with E-state index >= 15 is 0 Å². The molecular formula is C14H13N7O3. The van der Waals surface area contributed by atoms with E-state index in [0.717, 1.165) is 0 Å². The predicted octanol–water partition coefficient (Wildman–Crippen LogP) is 1.56. The van der Waals surface area contributed by atoms with Gasteiger partial charge in [-0.05, 0) is 13.0 Å². The Labute approximate surface area is 135 Å². The highest BCUT2D eigenvalue weighted by Crippen LogP contribution is 2.29. The summed E-state index contributed by atoms with van der Waals surface area (Å²) in [6.07, 6.45) is 1.44. The lowest BCUT2D eigenvalue weighted by Gasteiger charge is -2.08. The van der Waals surface area contributed by atoms with Crippen LogP contribution in [0.1, 0.15) is 6.92 Å². The van der Waals surface area contributed by atoms with Crippen molar-refractivity contribution < 1.29 is 9.66 Å². The quantitative estimate of drug-likeness (QED) is 0.412. The lowest BCUT2D eigenvalue weighted by molar-refractivity contribution is -0.383. The third kappa shape index (κ3) is 2.72. The second kappa shape index (κ2) is 5.91. The largest absolute Gasteiger partial charge is 0.476 e. The van der Waals surface area contributed by atoms with Crippen molar-refractivity contribution in [2.45, 2.75) is 6.92 Å².